The summed E-state index contributed by atoms with van der Waals surface area (Å²) in [6.45, 7) is 0. The Morgan fingerprint density at radius 3 is 2.38 bits per heavy atom. The molecule has 0 radical (unpaired) electrons. The Morgan fingerprint density at radius 2 is 1.88 bits per heavy atom. The van der Waals surface area contributed by atoms with E-state index in [1.807, 2.05) is 0 Å². The van der Waals surface area contributed by atoms with Crippen LogP contribution in [0.2, 0.25) is 0 Å². The van der Waals surface area contributed by atoms with Gasteiger partial charge in [-0.25, -0.2) is 5.06 Å². The highest BCUT2D eigenvalue weighted by molar-refractivity contribution is 5.78. The molecule has 1 rings (SSSR count). The van der Waals surface area contributed by atoms with Gasteiger partial charge in [-0.1, -0.05) is 12.8 Å². The lowest BCUT2D eigenvalue weighted by Gasteiger charge is -2.33. The van der Waals surface area contributed by atoms with E-state index in [4.69, 9.17) is 0 Å². The summed E-state index contributed by atoms with van der Waals surface area (Å²) in [6, 6.07) is 0. The first kappa shape index (κ1) is 13.3. The van der Waals surface area contributed by atoms with Gasteiger partial charge in [0.2, 0.25) is 5.91 Å². The second-order valence-corrected chi connectivity index (χ2v) is 4.06. The van der Waals surface area contributed by atoms with Crippen LogP contribution < -0.4 is 0 Å². The van der Waals surface area contributed by atoms with Crippen LogP contribution >= 0.6 is 0 Å². The van der Waals surface area contributed by atoms with E-state index >= 15 is 0 Å². The highest BCUT2D eigenvalue weighted by Gasteiger charge is 2.48. The summed E-state index contributed by atoms with van der Waals surface area (Å²) in [5.41, 5.74) is 0. The van der Waals surface area contributed by atoms with Gasteiger partial charge in [0.25, 0.3) is 0 Å². The van der Waals surface area contributed by atoms with Gasteiger partial charge in [0, 0.05) is 7.05 Å². The van der Waals surface area contributed by atoms with Gasteiger partial charge in [-0.3, -0.25) is 9.63 Å². The summed E-state index contributed by atoms with van der Waals surface area (Å²) in [5, 5.41) is 0.884. The van der Waals surface area contributed by atoms with Crippen molar-refractivity contribution in [2.45, 2.75) is 31.9 Å². The van der Waals surface area contributed by atoms with Gasteiger partial charge < -0.3 is 0 Å². The quantitative estimate of drug-likeness (QED) is 0.692. The van der Waals surface area contributed by atoms with Gasteiger partial charge in [0.05, 0.1) is 18.9 Å². The van der Waals surface area contributed by atoms with Crippen molar-refractivity contribution in [1.82, 2.24) is 5.06 Å². The molecule has 1 amide bonds. The monoisotopic (exact) mass is 239 g/mol. The average Bonchev–Trinajstić information content (AvgIpc) is 2.26. The number of carbonyl (C=O) groups is 1. The van der Waals surface area contributed by atoms with E-state index in [-0.39, 0.29) is 12.8 Å². The fourth-order valence-electron chi connectivity index (χ4n) is 2.14. The van der Waals surface area contributed by atoms with Crippen LogP contribution in [0, 0.1) is 11.8 Å². The van der Waals surface area contributed by atoms with Crippen molar-refractivity contribution in [3.63, 3.8) is 0 Å². The van der Waals surface area contributed by atoms with E-state index in [1.54, 1.807) is 0 Å². The number of carbonyl (C=O) groups excluding carboxylic acids is 1. The summed E-state index contributed by atoms with van der Waals surface area (Å²) in [5.74, 6) is -3.09. The molecule has 0 heterocycles. The molecular formula is C10H16F3NO2. The molecule has 1 fully saturated rings. The normalized spacial score (nSPS) is 26.6. The third kappa shape index (κ3) is 2.87. The van der Waals surface area contributed by atoms with Gasteiger partial charge >= 0.3 is 6.18 Å². The van der Waals surface area contributed by atoms with Gasteiger partial charge in [-0.15, -0.1) is 0 Å². The molecule has 16 heavy (non-hydrogen) atoms. The van der Waals surface area contributed by atoms with Crippen LogP contribution in [0.15, 0.2) is 0 Å². The molecular weight excluding hydrogens is 223 g/mol. The minimum atomic E-state index is -4.30. The highest BCUT2D eigenvalue weighted by atomic mass is 19.4. The van der Waals surface area contributed by atoms with E-state index < -0.39 is 23.9 Å². The summed E-state index contributed by atoms with van der Waals surface area (Å²) in [7, 11) is 2.60. The van der Waals surface area contributed by atoms with Crippen LogP contribution in [0.3, 0.4) is 0 Å². The van der Waals surface area contributed by atoms with E-state index in [2.05, 4.69) is 4.84 Å². The molecule has 6 heteroatoms. The molecule has 1 aliphatic carbocycles. The summed E-state index contributed by atoms with van der Waals surface area (Å²) >= 11 is 0. The molecule has 94 valence electrons. The molecule has 0 aliphatic heterocycles. The SMILES string of the molecule is CON(C)C(=O)C1CCCCC1C(F)(F)F. The third-order valence-electron chi connectivity index (χ3n) is 3.09. The molecule has 0 N–H and O–H groups in total. The van der Waals surface area contributed by atoms with Crippen molar-refractivity contribution in [3.8, 4) is 0 Å². The first-order valence-electron chi connectivity index (χ1n) is 5.26. The molecule has 0 spiro atoms. The molecule has 0 saturated heterocycles. The largest absolute Gasteiger partial charge is 0.392 e. The first-order valence-corrected chi connectivity index (χ1v) is 5.26. The van der Waals surface area contributed by atoms with Gasteiger partial charge in [0.1, 0.15) is 0 Å². The Bertz CT molecular complexity index is 255. The lowest BCUT2D eigenvalue weighted by Crippen LogP contribution is -2.42. The Kier molecular flexibility index (Phi) is 4.18. The molecule has 1 saturated carbocycles. The van der Waals surface area contributed by atoms with Crippen molar-refractivity contribution in [2.75, 3.05) is 14.2 Å². The zero-order valence-corrected chi connectivity index (χ0v) is 9.38. The van der Waals surface area contributed by atoms with E-state index in [0.29, 0.717) is 12.8 Å². The zero-order valence-electron chi connectivity index (χ0n) is 9.38. The van der Waals surface area contributed by atoms with Gasteiger partial charge in [-0.2, -0.15) is 13.2 Å². The number of hydrogen-bond acceptors (Lipinski definition) is 2. The van der Waals surface area contributed by atoms with Crippen molar-refractivity contribution in [3.05, 3.63) is 0 Å². The zero-order chi connectivity index (χ0) is 12.3. The maximum atomic E-state index is 12.7. The van der Waals surface area contributed by atoms with Gasteiger partial charge in [-0.05, 0) is 12.8 Å². The number of amides is 1. The van der Waals surface area contributed by atoms with Crippen LogP contribution in [0.5, 0.6) is 0 Å². The third-order valence-corrected chi connectivity index (χ3v) is 3.09. The fraction of sp³-hybridized carbons (Fsp3) is 0.900. The highest BCUT2D eigenvalue weighted by Crippen LogP contribution is 2.42. The Labute approximate surface area is 92.5 Å². The standard InChI is InChI=1S/C10H16F3NO2/c1-14(16-2)9(15)7-5-3-4-6-8(7)10(11,12)13/h7-8H,3-6H2,1-2H3. The maximum absolute atomic E-state index is 12.7. The predicted molar refractivity (Wildman–Crippen MR) is 51.3 cm³/mol. The summed E-state index contributed by atoms with van der Waals surface area (Å²) in [4.78, 5) is 16.3. The van der Waals surface area contributed by atoms with E-state index in [1.165, 1.54) is 14.2 Å². The van der Waals surface area contributed by atoms with Crippen molar-refractivity contribution < 1.29 is 22.8 Å². The average molecular weight is 239 g/mol. The molecule has 0 bridgehead atoms. The molecule has 3 nitrogen and oxygen atoms in total. The number of nitrogens with zero attached hydrogens (tertiary/aromatic N) is 1. The molecule has 2 unspecified atom stereocenters. The van der Waals surface area contributed by atoms with Crippen molar-refractivity contribution >= 4 is 5.91 Å². The topological polar surface area (TPSA) is 29.5 Å². The smallest absolute Gasteiger partial charge is 0.275 e. The minimum Gasteiger partial charge on any atom is -0.275 e. The van der Waals surface area contributed by atoms with Crippen LogP contribution in [0.1, 0.15) is 25.7 Å². The van der Waals surface area contributed by atoms with E-state index in [9.17, 15) is 18.0 Å². The second-order valence-electron chi connectivity index (χ2n) is 4.06. The minimum absolute atomic E-state index is 0.0391. The molecule has 0 aromatic rings. The van der Waals surface area contributed by atoms with Crippen molar-refractivity contribution in [1.29, 1.82) is 0 Å². The molecule has 0 aromatic heterocycles. The summed E-state index contributed by atoms with van der Waals surface area (Å²) in [6.07, 6.45) is -2.77. The van der Waals surface area contributed by atoms with Gasteiger partial charge in [0.15, 0.2) is 0 Å². The number of rotatable bonds is 2. The first-order chi connectivity index (χ1) is 7.38. The number of hydrogen-bond donors (Lipinski definition) is 0. The fourth-order valence-corrected chi connectivity index (χ4v) is 2.14. The Hall–Kier alpha value is -0.780. The number of hydroxylamine groups is 2. The Balaban J connectivity index is 2.78. The maximum Gasteiger partial charge on any atom is 0.392 e. The Morgan fingerprint density at radius 1 is 1.31 bits per heavy atom. The van der Waals surface area contributed by atoms with E-state index in [0.717, 1.165) is 5.06 Å². The number of halogens is 3. The lowest BCUT2D eigenvalue weighted by molar-refractivity contribution is -0.212. The van der Waals surface area contributed by atoms with Crippen LogP contribution in [-0.2, 0) is 9.63 Å². The molecule has 2 atom stereocenters. The van der Waals surface area contributed by atoms with Crippen LogP contribution in [0.4, 0.5) is 13.2 Å². The van der Waals surface area contributed by atoms with Crippen LogP contribution in [0.25, 0.3) is 0 Å². The van der Waals surface area contributed by atoms with Crippen LogP contribution in [-0.4, -0.2) is 31.3 Å². The predicted octanol–water partition coefficient (Wildman–Crippen LogP) is 2.37. The second kappa shape index (κ2) is 5.03. The summed E-state index contributed by atoms with van der Waals surface area (Å²) < 4.78 is 38.1. The lowest BCUT2D eigenvalue weighted by atomic mass is 9.78. The van der Waals surface area contributed by atoms with Crippen molar-refractivity contribution in [2.24, 2.45) is 11.8 Å². The molecule has 1 aliphatic rings. The number of alkyl halides is 3. The molecule has 0 aromatic carbocycles.